The van der Waals surface area contributed by atoms with Crippen LogP contribution in [0.25, 0.3) is 0 Å². The van der Waals surface area contributed by atoms with E-state index in [9.17, 15) is 13.2 Å². The number of rotatable bonds is 8. The molecule has 21 heavy (non-hydrogen) atoms. The Morgan fingerprint density at radius 3 is 2.67 bits per heavy atom. The molecule has 1 aromatic rings. The number of para-hydroxylation sites is 2. The van der Waals surface area contributed by atoms with Crippen LogP contribution in [0.5, 0.6) is 5.75 Å². The van der Waals surface area contributed by atoms with Gasteiger partial charge in [-0.3, -0.25) is 4.79 Å². The van der Waals surface area contributed by atoms with Gasteiger partial charge in [-0.15, -0.1) is 0 Å². The Hall–Kier alpha value is -1.60. The number of benzene rings is 1. The van der Waals surface area contributed by atoms with Crippen molar-refractivity contribution in [3.63, 3.8) is 0 Å². The maximum atomic E-state index is 12.0. The molecule has 0 heterocycles. The number of carbonyl (C=O) groups excluding carboxylic acids is 1. The first-order valence-corrected chi connectivity index (χ1v) is 8.85. The van der Waals surface area contributed by atoms with E-state index in [2.05, 4.69) is 5.32 Å². The summed E-state index contributed by atoms with van der Waals surface area (Å²) >= 11 is 0. The summed E-state index contributed by atoms with van der Waals surface area (Å²) in [5.41, 5.74) is 6.24. The van der Waals surface area contributed by atoms with E-state index < -0.39 is 21.8 Å². The summed E-state index contributed by atoms with van der Waals surface area (Å²) in [6, 6.07) is 6.18. The summed E-state index contributed by atoms with van der Waals surface area (Å²) in [5, 5.41) is 2.67. The molecule has 118 valence electrons. The van der Waals surface area contributed by atoms with Gasteiger partial charge in [0.25, 0.3) is 0 Å². The third-order valence-corrected chi connectivity index (χ3v) is 3.72. The van der Waals surface area contributed by atoms with Gasteiger partial charge < -0.3 is 15.8 Å². The summed E-state index contributed by atoms with van der Waals surface area (Å²) in [6.45, 7) is 2.54. The van der Waals surface area contributed by atoms with Crippen molar-refractivity contribution < 1.29 is 17.9 Å². The molecular weight excluding hydrogens is 292 g/mol. The lowest BCUT2D eigenvalue weighted by Gasteiger charge is -2.15. The van der Waals surface area contributed by atoms with Gasteiger partial charge in [0.1, 0.15) is 15.6 Å². The molecule has 0 saturated carbocycles. The van der Waals surface area contributed by atoms with E-state index in [1.165, 1.54) is 0 Å². The monoisotopic (exact) mass is 314 g/mol. The molecule has 0 saturated heterocycles. The number of hydrogen-bond donors (Lipinski definition) is 2. The fourth-order valence-electron chi connectivity index (χ4n) is 1.61. The second kappa shape index (κ2) is 7.99. The SMILES string of the molecule is CCCOc1ccccc1NC(=O)C(N)CCS(C)(=O)=O. The first-order chi connectivity index (χ1) is 9.83. The Morgan fingerprint density at radius 2 is 2.05 bits per heavy atom. The van der Waals surface area contributed by atoms with Crippen molar-refractivity contribution in [1.29, 1.82) is 0 Å². The highest BCUT2D eigenvalue weighted by Crippen LogP contribution is 2.24. The van der Waals surface area contributed by atoms with Crippen molar-refractivity contribution in [2.24, 2.45) is 5.73 Å². The van der Waals surface area contributed by atoms with E-state index in [4.69, 9.17) is 10.5 Å². The van der Waals surface area contributed by atoms with Crippen molar-refractivity contribution in [1.82, 2.24) is 0 Å². The molecule has 0 spiro atoms. The lowest BCUT2D eigenvalue weighted by molar-refractivity contribution is -0.117. The molecule has 1 amide bonds. The minimum atomic E-state index is -3.13. The summed E-state index contributed by atoms with van der Waals surface area (Å²) < 4.78 is 27.7. The van der Waals surface area contributed by atoms with Gasteiger partial charge in [-0.05, 0) is 25.0 Å². The summed E-state index contributed by atoms with van der Waals surface area (Å²) in [5.74, 6) is 0.0319. The van der Waals surface area contributed by atoms with Gasteiger partial charge in [0.05, 0.1) is 24.1 Å². The van der Waals surface area contributed by atoms with Gasteiger partial charge in [0, 0.05) is 6.26 Å². The zero-order valence-electron chi connectivity index (χ0n) is 12.3. The number of nitrogens with one attached hydrogen (secondary N) is 1. The zero-order chi connectivity index (χ0) is 15.9. The third-order valence-electron chi connectivity index (χ3n) is 2.74. The molecule has 1 aromatic carbocycles. The Balaban J connectivity index is 2.65. The first-order valence-electron chi connectivity index (χ1n) is 6.79. The topological polar surface area (TPSA) is 98.5 Å². The summed E-state index contributed by atoms with van der Waals surface area (Å²) in [4.78, 5) is 12.0. The van der Waals surface area contributed by atoms with Gasteiger partial charge in [0.15, 0.2) is 0 Å². The molecular formula is C14H22N2O4S. The van der Waals surface area contributed by atoms with Crippen molar-refractivity contribution in [3.8, 4) is 5.75 Å². The Morgan fingerprint density at radius 1 is 1.38 bits per heavy atom. The minimum absolute atomic E-state index is 0.0860. The molecule has 3 N–H and O–H groups in total. The predicted octanol–water partition coefficient (Wildman–Crippen LogP) is 1.18. The van der Waals surface area contributed by atoms with E-state index in [0.29, 0.717) is 18.0 Å². The standard InChI is InChI=1S/C14H22N2O4S/c1-3-9-20-13-7-5-4-6-12(13)16-14(17)11(15)8-10-21(2,18)19/h4-7,11H,3,8-10,15H2,1-2H3,(H,16,17). The molecule has 0 aliphatic heterocycles. The molecule has 0 aliphatic rings. The molecule has 0 aromatic heterocycles. The Bertz CT molecular complexity index is 572. The predicted molar refractivity (Wildman–Crippen MR) is 83.2 cm³/mol. The molecule has 1 unspecified atom stereocenters. The summed E-state index contributed by atoms with van der Waals surface area (Å²) in [7, 11) is -3.13. The van der Waals surface area contributed by atoms with Crippen molar-refractivity contribution in [3.05, 3.63) is 24.3 Å². The van der Waals surface area contributed by atoms with Gasteiger partial charge >= 0.3 is 0 Å². The van der Waals surface area contributed by atoms with E-state index in [-0.39, 0.29) is 12.2 Å². The normalized spacial score (nSPS) is 12.7. The molecule has 7 heteroatoms. The lowest BCUT2D eigenvalue weighted by atomic mass is 10.2. The smallest absolute Gasteiger partial charge is 0.241 e. The first kappa shape index (κ1) is 17.5. The third kappa shape index (κ3) is 6.59. The lowest BCUT2D eigenvalue weighted by Crippen LogP contribution is -2.37. The molecule has 0 bridgehead atoms. The van der Waals surface area contributed by atoms with Crippen LogP contribution in [0.2, 0.25) is 0 Å². The highest BCUT2D eigenvalue weighted by atomic mass is 32.2. The van der Waals surface area contributed by atoms with Crippen LogP contribution in [0, 0.1) is 0 Å². The number of nitrogens with two attached hydrogens (primary N) is 1. The second-order valence-electron chi connectivity index (χ2n) is 4.86. The zero-order valence-corrected chi connectivity index (χ0v) is 13.2. The molecule has 0 fully saturated rings. The maximum absolute atomic E-state index is 12.0. The summed E-state index contributed by atoms with van der Waals surface area (Å²) in [6.07, 6.45) is 2.06. The molecule has 1 atom stereocenters. The van der Waals surface area contributed by atoms with Crippen molar-refractivity contribution >= 4 is 21.4 Å². The second-order valence-corrected chi connectivity index (χ2v) is 7.12. The van der Waals surface area contributed by atoms with Gasteiger partial charge in [-0.2, -0.15) is 0 Å². The number of sulfone groups is 1. The number of ether oxygens (including phenoxy) is 1. The minimum Gasteiger partial charge on any atom is -0.491 e. The van der Waals surface area contributed by atoms with Crippen LogP contribution in [0.3, 0.4) is 0 Å². The van der Waals surface area contributed by atoms with Crippen LogP contribution in [0.15, 0.2) is 24.3 Å². The van der Waals surface area contributed by atoms with Gasteiger partial charge in [-0.25, -0.2) is 8.42 Å². The van der Waals surface area contributed by atoms with Crippen LogP contribution in [-0.2, 0) is 14.6 Å². The fourth-order valence-corrected chi connectivity index (χ4v) is 2.29. The Labute approximate surface area is 125 Å². The van der Waals surface area contributed by atoms with Crippen LogP contribution < -0.4 is 15.8 Å². The van der Waals surface area contributed by atoms with E-state index in [1.54, 1.807) is 18.2 Å². The van der Waals surface area contributed by atoms with Crippen LogP contribution in [0.1, 0.15) is 19.8 Å². The Kier molecular flexibility index (Phi) is 6.64. The van der Waals surface area contributed by atoms with Gasteiger partial charge in [0.2, 0.25) is 5.91 Å². The molecule has 1 rings (SSSR count). The number of amides is 1. The quantitative estimate of drug-likeness (QED) is 0.750. The number of hydrogen-bond acceptors (Lipinski definition) is 5. The highest BCUT2D eigenvalue weighted by molar-refractivity contribution is 7.90. The van der Waals surface area contributed by atoms with E-state index in [0.717, 1.165) is 12.7 Å². The molecule has 0 aliphatic carbocycles. The number of carbonyl (C=O) groups is 1. The average Bonchev–Trinajstić information content (AvgIpc) is 2.43. The molecule has 0 radical (unpaired) electrons. The maximum Gasteiger partial charge on any atom is 0.241 e. The fraction of sp³-hybridized carbons (Fsp3) is 0.500. The van der Waals surface area contributed by atoms with Gasteiger partial charge in [-0.1, -0.05) is 19.1 Å². The van der Waals surface area contributed by atoms with Crippen LogP contribution >= 0.6 is 0 Å². The van der Waals surface area contributed by atoms with Crippen molar-refractivity contribution in [2.45, 2.75) is 25.8 Å². The van der Waals surface area contributed by atoms with E-state index >= 15 is 0 Å². The average molecular weight is 314 g/mol. The number of anilines is 1. The van der Waals surface area contributed by atoms with Crippen molar-refractivity contribution in [2.75, 3.05) is 23.9 Å². The highest BCUT2D eigenvalue weighted by Gasteiger charge is 2.17. The van der Waals surface area contributed by atoms with Crippen LogP contribution in [0.4, 0.5) is 5.69 Å². The molecule has 6 nitrogen and oxygen atoms in total. The van der Waals surface area contributed by atoms with E-state index in [1.807, 2.05) is 13.0 Å². The van der Waals surface area contributed by atoms with Crippen LogP contribution in [-0.4, -0.2) is 39.0 Å². The largest absolute Gasteiger partial charge is 0.491 e.